The lowest BCUT2D eigenvalue weighted by Crippen LogP contribution is -2.13. The Balaban J connectivity index is 1.58. The van der Waals surface area contributed by atoms with Crippen molar-refractivity contribution < 1.29 is 4.79 Å². The Morgan fingerprint density at radius 3 is 2.84 bits per heavy atom. The van der Waals surface area contributed by atoms with E-state index in [2.05, 4.69) is 25.5 Å². The summed E-state index contributed by atoms with van der Waals surface area (Å²) < 4.78 is 0. The molecule has 1 amide bonds. The van der Waals surface area contributed by atoms with Crippen LogP contribution in [-0.4, -0.2) is 26.1 Å². The third kappa shape index (κ3) is 3.07. The van der Waals surface area contributed by atoms with Crippen LogP contribution in [0.3, 0.4) is 0 Å². The van der Waals surface area contributed by atoms with E-state index in [1.54, 1.807) is 24.4 Å². The normalized spacial score (nSPS) is 10.8. The van der Waals surface area contributed by atoms with Crippen LogP contribution in [0.2, 0.25) is 5.02 Å². The van der Waals surface area contributed by atoms with E-state index in [-0.39, 0.29) is 5.91 Å². The number of aromatic amines is 1. The van der Waals surface area contributed by atoms with Crippen molar-refractivity contribution in [2.45, 2.75) is 0 Å². The molecule has 0 aliphatic carbocycles. The molecule has 0 unspecified atom stereocenters. The van der Waals surface area contributed by atoms with Crippen molar-refractivity contribution in [3.8, 4) is 11.3 Å². The molecule has 0 aliphatic rings. The maximum Gasteiger partial charge on any atom is 0.274 e. The third-order valence-electron chi connectivity index (χ3n) is 3.68. The molecule has 3 aromatic heterocycles. The summed E-state index contributed by atoms with van der Waals surface area (Å²) in [5.74, 6) is 0.0821. The first-order chi connectivity index (χ1) is 12.2. The summed E-state index contributed by atoms with van der Waals surface area (Å²) in [7, 11) is 0. The first-order valence-corrected chi connectivity index (χ1v) is 7.92. The Morgan fingerprint density at radius 2 is 1.96 bits per heavy atom. The van der Waals surface area contributed by atoms with Gasteiger partial charge in [0.25, 0.3) is 5.91 Å². The van der Waals surface area contributed by atoms with E-state index < -0.39 is 0 Å². The van der Waals surface area contributed by atoms with E-state index in [9.17, 15) is 4.79 Å². The number of H-pyrrole nitrogens is 1. The molecule has 1 aromatic carbocycles. The van der Waals surface area contributed by atoms with Gasteiger partial charge in [-0.05, 0) is 36.4 Å². The van der Waals surface area contributed by atoms with Crippen LogP contribution in [0.1, 0.15) is 10.5 Å². The summed E-state index contributed by atoms with van der Waals surface area (Å²) in [6.45, 7) is 0. The highest BCUT2D eigenvalue weighted by Crippen LogP contribution is 2.26. The predicted molar refractivity (Wildman–Crippen MR) is 96.5 cm³/mol. The number of hydrogen-bond acceptors (Lipinski definition) is 4. The van der Waals surface area contributed by atoms with E-state index in [0.29, 0.717) is 27.9 Å². The number of nitrogens with zero attached hydrogens (tertiary/aromatic N) is 3. The molecule has 4 aromatic rings. The number of carbonyl (C=O) groups excluding carboxylic acids is 1. The molecule has 4 rings (SSSR count). The van der Waals surface area contributed by atoms with Crippen LogP contribution in [-0.2, 0) is 0 Å². The van der Waals surface area contributed by atoms with Gasteiger partial charge in [0.2, 0.25) is 0 Å². The number of benzene rings is 1. The molecular formula is C18H12ClN5O. The van der Waals surface area contributed by atoms with Crippen molar-refractivity contribution in [3.63, 3.8) is 0 Å². The highest BCUT2D eigenvalue weighted by Gasteiger charge is 2.13. The number of anilines is 1. The minimum absolute atomic E-state index is 0.317. The van der Waals surface area contributed by atoms with Crippen molar-refractivity contribution in [2.24, 2.45) is 0 Å². The first-order valence-electron chi connectivity index (χ1n) is 7.54. The predicted octanol–water partition coefficient (Wildman–Crippen LogP) is 3.93. The zero-order chi connectivity index (χ0) is 17.2. The second kappa shape index (κ2) is 6.33. The van der Waals surface area contributed by atoms with E-state index in [1.165, 1.54) is 0 Å². The molecule has 0 saturated heterocycles. The number of hydrogen-bond donors (Lipinski definition) is 2. The number of rotatable bonds is 3. The zero-order valence-corrected chi connectivity index (χ0v) is 13.7. The van der Waals surface area contributed by atoms with Crippen molar-refractivity contribution >= 4 is 34.4 Å². The molecule has 0 saturated carbocycles. The molecule has 0 fully saturated rings. The van der Waals surface area contributed by atoms with Crippen LogP contribution < -0.4 is 5.32 Å². The van der Waals surface area contributed by atoms with Gasteiger partial charge in [0.05, 0.1) is 10.7 Å². The number of nitrogens with one attached hydrogen (secondary N) is 2. The summed E-state index contributed by atoms with van der Waals surface area (Å²) in [5.41, 5.74) is 2.25. The average molecular weight is 350 g/mol. The van der Waals surface area contributed by atoms with Gasteiger partial charge in [-0.3, -0.25) is 9.89 Å². The monoisotopic (exact) mass is 349 g/mol. The fraction of sp³-hybridized carbons (Fsp3) is 0. The SMILES string of the molecule is O=C(Nc1ccc2cccnc2n1)c1cc(-c2ccccc2Cl)n[nH]1. The van der Waals surface area contributed by atoms with E-state index in [0.717, 1.165) is 10.9 Å². The van der Waals surface area contributed by atoms with Crippen LogP contribution in [0.4, 0.5) is 5.82 Å². The average Bonchev–Trinajstić information content (AvgIpc) is 3.12. The second-order valence-electron chi connectivity index (χ2n) is 5.35. The molecule has 0 radical (unpaired) electrons. The quantitative estimate of drug-likeness (QED) is 0.587. The summed E-state index contributed by atoms with van der Waals surface area (Å²) in [5, 5.41) is 11.1. The highest BCUT2D eigenvalue weighted by molar-refractivity contribution is 6.33. The summed E-state index contributed by atoms with van der Waals surface area (Å²) in [6, 6.07) is 16.3. The molecule has 7 heteroatoms. The summed E-state index contributed by atoms with van der Waals surface area (Å²) in [4.78, 5) is 20.9. The molecule has 0 spiro atoms. The van der Waals surface area contributed by atoms with Gasteiger partial charge in [0, 0.05) is 17.1 Å². The summed E-state index contributed by atoms with van der Waals surface area (Å²) in [6.07, 6.45) is 1.66. The van der Waals surface area contributed by atoms with Crippen LogP contribution in [0.5, 0.6) is 0 Å². The lowest BCUT2D eigenvalue weighted by Gasteiger charge is -2.03. The third-order valence-corrected chi connectivity index (χ3v) is 4.01. The number of carbonyl (C=O) groups is 1. The van der Waals surface area contributed by atoms with Crippen molar-refractivity contribution in [1.29, 1.82) is 0 Å². The van der Waals surface area contributed by atoms with Gasteiger partial charge in [-0.15, -0.1) is 0 Å². The molecule has 2 N–H and O–H groups in total. The molecule has 0 aliphatic heterocycles. The molecule has 25 heavy (non-hydrogen) atoms. The number of fused-ring (bicyclic) bond motifs is 1. The largest absolute Gasteiger partial charge is 0.305 e. The Hall–Kier alpha value is -3.25. The molecule has 3 heterocycles. The first kappa shape index (κ1) is 15.3. The zero-order valence-electron chi connectivity index (χ0n) is 12.9. The fourth-order valence-corrected chi connectivity index (χ4v) is 2.68. The standard InChI is InChI=1S/C18H12ClN5O/c19-13-6-2-1-5-12(13)14-10-15(24-23-14)18(25)22-16-8-7-11-4-3-9-20-17(11)21-16/h1-10H,(H,23,24)(H,20,21,22,25). The Kier molecular flexibility index (Phi) is 3.87. The van der Waals surface area contributed by atoms with Crippen LogP contribution in [0.15, 0.2) is 60.8 Å². The number of pyridine rings is 2. The maximum atomic E-state index is 12.4. The highest BCUT2D eigenvalue weighted by atomic mass is 35.5. The lowest BCUT2D eigenvalue weighted by atomic mass is 10.1. The van der Waals surface area contributed by atoms with Gasteiger partial charge in [-0.1, -0.05) is 29.8 Å². The minimum atomic E-state index is -0.339. The van der Waals surface area contributed by atoms with Gasteiger partial charge >= 0.3 is 0 Å². The number of halogens is 1. The molecular weight excluding hydrogens is 338 g/mol. The van der Waals surface area contributed by atoms with Crippen molar-refractivity contribution in [1.82, 2.24) is 20.2 Å². The van der Waals surface area contributed by atoms with Crippen LogP contribution in [0.25, 0.3) is 22.3 Å². The Morgan fingerprint density at radius 1 is 1.08 bits per heavy atom. The number of aromatic nitrogens is 4. The van der Waals surface area contributed by atoms with E-state index >= 15 is 0 Å². The summed E-state index contributed by atoms with van der Waals surface area (Å²) >= 11 is 6.16. The van der Waals surface area contributed by atoms with Gasteiger partial charge in [-0.25, -0.2) is 9.97 Å². The molecule has 0 bridgehead atoms. The molecule has 6 nitrogen and oxygen atoms in total. The molecule has 0 atom stereocenters. The lowest BCUT2D eigenvalue weighted by molar-refractivity contribution is 0.102. The topological polar surface area (TPSA) is 83.6 Å². The van der Waals surface area contributed by atoms with E-state index in [4.69, 9.17) is 11.6 Å². The smallest absolute Gasteiger partial charge is 0.274 e. The van der Waals surface area contributed by atoms with Gasteiger partial charge < -0.3 is 5.32 Å². The van der Waals surface area contributed by atoms with Gasteiger partial charge in [0.15, 0.2) is 5.65 Å². The van der Waals surface area contributed by atoms with Crippen molar-refractivity contribution in [3.05, 3.63) is 71.5 Å². The van der Waals surface area contributed by atoms with Gasteiger partial charge in [0.1, 0.15) is 11.5 Å². The fourth-order valence-electron chi connectivity index (χ4n) is 2.45. The Labute approximate surface area is 147 Å². The molecule has 122 valence electrons. The number of amides is 1. The van der Waals surface area contributed by atoms with Gasteiger partial charge in [-0.2, -0.15) is 5.10 Å². The second-order valence-corrected chi connectivity index (χ2v) is 5.75. The Bertz CT molecular complexity index is 1080. The van der Waals surface area contributed by atoms with E-state index in [1.807, 2.05) is 36.4 Å². The van der Waals surface area contributed by atoms with Crippen molar-refractivity contribution in [2.75, 3.05) is 5.32 Å². The van der Waals surface area contributed by atoms with Crippen LogP contribution in [0, 0.1) is 0 Å². The van der Waals surface area contributed by atoms with Crippen LogP contribution >= 0.6 is 11.6 Å². The maximum absolute atomic E-state index is 12.4. The minimum Gasteiger partial charge on any atom is -0.305 e.